The third-order valence-corrected chi connectivity index (χ3v) is 4.94. The number of aliphatic carboxylic acids is 1. The fraction of sp³-hybridized carbons (Fsp3) is 0.174. The Kier molecular flexibility index (Phi) is 6.76. The van der Waals surface area contributed by atoms with Crippen LogP contribution in [0.15, 0.2) is 53.5 Å². The molecule has 33 heavy (non-hydrogen) atoms. The van der Waals surface area contributed by atoms with Gasteiger partial charge in [-0.25, -0.2) is 13.6 Å². The molecule has 1 aromatic heterocycles. The highest BCUT2D eigenvalue weighted by Gasteiger charge is 2.21. The van der Waals surface area contributed by atoms with Gasteiger partial charge in [-0.05, 0) is 41.8 Å². The quantitative estimate of drug-likeness (QED) is 0.450. The van der Waals surface area contributed by atoms with Gasteiger partial charge in [-0.15, -0.1) is 0 Å². The second kappa shape index (κ2) is 9.51. The van der Waals surface area contributed by atoms with E-state index in [4.69, 9.17) is 0 Å². The molecule has 8 nitrogen and oxygen atoms in total. The highest BCUT2D eigenvalue weighted by Crippen LogP contribution is 2.27. The van der Waals surface area contributed by atoms with Crippen molar-refractivity contribution in [1.82, 2.24) is 9.88 Å². The largest absolute Gasteiger partial charge is 0.505 e. The number of aryl methyl sites for hydroxylation is 2. The van der Waals surface area contributed by atoms with Gasteiger partial charge in [-0.2, -0.15) is 0 Å². The van der Waals surface area contributed by atoms with Crippen LogP contribution in [-0.4, -0.2) is 26.8 Å². The van der Waals surface area contributed by atoms with Gasteiger partial charge < -0.3 is 25.4 Å². The van der Waals surface area contributed by atoms with Crippen molar-refractivity contribution in [2.24, 2.45) is 7.05 Å². The first-order chi connectivity index (χ1) is 15.5. The number of carboxylic acids is 1. The van der Waals surface area contributed by atoms with E-state index < -0.39 is 47.4 Å². The SMILES string of the molecule is Cc1cn(C)c(=O)c(NC(=O)NC(CC(=O)O)c2cccc(-c3cc(F)cc(F)c3)c2)c1O. The highest BCUT2D eigenvalue weighted by atomic mass is 19.1. The van der Waals surface area contributed by atoms with Gasteiger partial charge in [0.15, 0.2) is 5.69 Å². The van der Waals surface area contributed by atoms with Gasteiger partial charge >= 0.3 is 12.0 Å². The van der Waals surface area contributed by atoms with Gasteiger partial charge in [0.1, 0.15) is 17.4 Å². The molecule has 1 heterocycles. The lowest BCUT2D eigenvalue weighted by atomic mass is 9.97. The maximum absolute atomic E-state index is 13.6. The number of pyridine rings is 1. The van der Waals surface area contributed by atoms with Crippen molar-refractivity contribution in [2.75, 3.05) is 5.32 Å². The fourth-order valence-corrected chi connectivity index (χ4v) is 3.39. The Balaban J connectivity index is 1.90. The second-order valence-corrected chi connectivity index (χ2v) is 7.48. The van der Waals surface area contributed by atoms with Crippen LogP contribution in [0, 0.1) is 18.6 Å². The van der Waals surface area contributed by atoms with Crippen LogP contribution in [0.25, 0.3) is 11.1 Å². The summed E-state index contributed by atoms with van der Waals surface area (Å²) in [7, 11) is 1.45. The number of hydrogen-bond donors (Lipinski definition) is 4. The summed E-state index contributed by atoms with van der Waals surface area (Å²) in [5, 5.41) is 24.2. The first-order valence-corrected chi connectivity index (χ1v) is 9.80. The number of rotatable bonds is 6. The molecule has 3 aromatic rings. The van der Waals surface area contributed by atoms with Gasteiger partial charge in [-0.1, -0.05) is 18.2 Å². The van der Waals surface area contributed by atoms with Crippen LogP contribution in [0.5, 0.6) is 5.75 Å². The smallest absolute Gasteiger partial charge is 0.319 e. The molecule has 10 heteroatoms. The van der Waals surface area contributed by atoms with Gasteiger partial charge in [0.05, 0.1) is 12.5 Å². The van der Waals surface area contributed by atoms with E-state index in [1.165, 1.54) is 23.9 Å². The van der Waals surface area contributed by atoms with Crippen LogP contribution in [0.2, 0.25) is 0 Å². The Bertz CT molecular complexity index is 1270. The number of anilines is 1. The molecule has 0 fully saturated rings. The van der Waals surface area contributed by atoms with Crippen LogP contribution in [0.3, 0.4) is 0 Å². The van der Waals surface area contributed by atoms with E-state index in [1.807, 2.05) is 0 Å². The van der Waals surface area contributed by atoms with Gasteiger partial charge in [0.2, 0.25) is 0 Å². The number of urea groups is 1. The van der Waals surface area contributed by atoms with Crippen LogP contribution < -0.4 is 16.2 Å². The lowest BCUT2D eigenvalue weighted by Crippen LogP contribution is -2.36. The van der Waals surface area contributed by atoms with Crippen LogP contribution >= 0.6 is 0 Å². The van der Waals surface area contributed by atoms with Crippen molar-refractivity contribution < 1.29 is 28.6 Å². The van der Waals surface area contributed by atoms with E-state index >= 15 is 0 Å². The minimum atomic E-state index is -1.21. The van der Waals surface area contributed by atoms with Crippen molar-refractivity contribution in [2.45, 2.75) is 19.4 Å². The third kappa shape index (κ3) is 5.53. The number of benzene rings is 2. The number of carbonyl (C=O) groups excluding carboxylic acids is 1. The lowest BCUT2D eigenvalue weighted by molar-refractivity contribution is -0.137. The number of halogens is 2. The molecule has 0 aliphatic rings. The van der Waals surface area contributed by atoms with E-state index in [-0.39, 0.29) is 11.3 Å². The summed E-state index contributed by atoms with van der Waals surface area (Å²) in [6.45, 7) is 1.55. The number of hydrogen-bond acceptors (Lipinski definition) is 4. The third-order valence-electron chi connectivity index (χ3n) is 4.94. The minimum Gasteiger partial charge on any atom is -0.505 e. The summed E-state index contributed by atoms with van der Waals surface area (Å²) < 4.78 is 28.4. The zero-order chi connectivity index (χ0) is 24.3. The molecule has 3 rings (SSSR count). The van der Waals surface area contributed by atoms with Crippen molar-refractivity contribution in [1.29, 1.82) is 0 Å². The fourth-order valence-electron chi connectivity index (χ4n) is 3.39. The van der Waals surface area contributed by atoms with E-state index in [2.05, 4.69) is 10.6 Å². The number of nitrogens with zero attached hydrogens (tertiary/aromatic N) is 1. The first-order valence-electron chi connectivity index (χ1n) is 9.80. The maximum atomic E-state index is 13.6. The number of aromatic hydroxyl groups is 1. The van der Waals surface area contributed by atoms with Crippen molar-refractivity contribution in [3.63, 3.8) is 0 Å². The van der Waals surface area contributed by atoms with E-state index in [9.17, 15) is 33.4 Å². The molecule has 1 atom stereocenters. The van der Waals surface area contributed by atoms with Crippen molar-refractivity contribution >= 4 is 17.7 Å². The average Bonchev–Trinajstić information content (AvgIpc) is 2.74. The maximum Gasteiger partial charge on any atom is 0.319 e. The Morgan fingerprint density at radius 2 is 1.76 bits per heavy atom. The average molecular weight is 457 g/mol. The highest BCUT2D eigenvalue weighted by molar-refractivity contribution is 5.91. The molecule has 2 aromatic carbocycles. The normalized spacial score (nSPS) is 11.6. The van der Waals surface area contributed by atoms with Gasteiger partial charge in [0, 0.05) is 24.9 Å². The summed E-state index contributed by atoms with van der Waals surface area (Å²) in [5.41, 5.74) is 0.349. The van der Waals surface area contributed by atoms with Crippen LogP contribution in [0.4, 0.5) is 19.3 Å². The van der Waals surface area contributed by atoms with Crippen molar-refractivity contribution in [3.05, 3.63) is 81.8 Å². The summed E-state index contributed by atoms with van der Waals surface area (Å²) >= 11 is 0. The molecular weight excluding hydrogens is 436 g/mol. The van der Waals surface area contributed by atoms with Crippen LogP contribution in [-0.2, 0) is 11.8 Å². The molecule has 0 radical (unpaired) electrons. The van der Waals surface area contributed by atoms with Gasteiger partial charge in [-0.3, -0.25) is 9.59 Å². The Hall–Kier alpha value is -4.21. The molecule has 0 saturated heterocycles. The molecule has 172 valence electrons. The monoisotopic (exact) mass is 457 g/mol. The van der Waals surface area contributed by atoms with Crippen molar-refractivity contribution in [3.8, 4) is 16.9 Å². The van der Waals surface area contributed by atoms with E-state index in [0.29, 0.717) is 16.7 Å². The summed E-state index contributed by atoms with van der Waals surface area (Å²) in [6, 6.07) is 7.24. The van der Waals surface area contributed by atoms with E-state index in [0.717, 1.165) is 18.2 Å². The standard InChI is InChI=1S/C23H21F2N3O5/c1-12-11-28(2)22(32)20(21(12)31)27-23(33)26-18(10-19(29)30)14-5-3-4-13(6-14)15-7-16(24)9-17(25)8-15/h3-9,11,18,31H,10H2,1-2H3,(H,29,30)(H2,26,27,33). The van der Waals surface area contributed by atoms with E-state index in [1.54, 1.807) is 25.1 Å². The summed E-state index contributed by atoms with van der Waals surface area (Å²) in [5.74, 6) is -3.15. The second-order valence-electron chi connectivity index (χ2n) is 7.48. The minimum absolute atomic E-state index is 0.237. The number of carboxylic acid groups (broad SMARTS) is 1. The molecule has 4 N–H and O–H groups in total. The predicted molar refractivity (Wildman–Crippen MR) is 117 cm³/mol. The van der Waals surface area contributed by atoms with Crippen LogP contribution in [0.1, 0.15) is 23.6 Å². The topological polar surface area (TPSA) is 121 Å². The molecule has 2 amide bonds. The summed E-state index contributed by atoms with van der Waals surface area (Å²) in [6.07, 6.45) is 0.890. The molecule has 0 aliphatic heterocycles. The molecule has 0 aliphatic carbocycles. The zero-order valence-electron chi connectivity index (χ0n) is 17.7. The Labute approximate surface area is 187 Å². The molecule has 0 spiro atoms. The summed E-state index contributed by atoms with van der Waals surface area (Å²) in [4.78, 5) is 36.2. The molecular formula is C23H21F2N3O5. The Morgan fingerprint density at radius 3 is 2.39 bits per heavy atom. The zero-order valence-corrected chi connectivity index (χ0v) is 17.7. The number of aromatic nitrogens is 1. The number of amides is 2. The molecule has 0 saturated carbocycles. The first kappa shape index (κ1) is 23.5. The Morgan fingerprint density at radius 1 is 1.09 bits per heavy atom. The molecule has 0 bridgehead atoms. The van der Waals surface area contributed by atoms with Gasteiger partial charge in [0.25, 0.3) is 5.56 Å². The molecule has 1 unspecified atom stereocenters. The lowest BCUT2D eigenvalue weighted by Gasteiger charge is -2.19. The number of nitrogens with one attached hydrogen (secondary N) is 2. The number of carbonyl (C=O) groups is 2. The predicted octanol–water partition coefficient (Wildman–Crippen LogP) is 3.68.